The van der Waals surface area contributed by atoms with Crippen molar-refractivity contribution < 1.29 is 14.3 Å². The van der Waals surface area contributed by atoms with Crippen molar-refractivity contribution in [2.45, 2.75) is 0 Å². The molecule has 0 aromatic heterocycles. The van der Waals surface area contributed by atoms with Crippen LogP contribution in [0.15, 0.2) is 12.2 Å². The van der Waals surface area contributed by atoms with E-state index in [1.807, 2.05) is 0 Å². The van der Waals surface area contributed by atoms with Crippen molar-refractivity contribution in [3.05, 3.63) is 12.2 Å². The van der Waals surface area contributed by atoms with Crippen molar-refractivity contribution in [1.82, 2.24) is 10.2 Å². The third kappa shape index (κ3) is 3.18. The molecule has 1 heterocycles. The summed E-state index contributed by atoms with van der Waals surface area (Å²) < 4.78 is 4.38. The molecular weight excluding hydrogens is 184 g/mol. The van der Waals surface area contributed by atoms with Crippen molar-refractivity contribution >= 4 is 11.9 Å². The Kier molecular flexibility index (Phi) is 4.12. The van der Waals surface area contributed by atoms with E-state index >= 15 is 0 Å². The van der Waals surface area contributed by atoms with E-state index in [9.17, 15) is 9.59 Å². The Morgan fingerprint density at radius 1 is 1.29 bits per heavy atom. The van der Waals surface area contributed by atoms with Gasteiger partial charge in [-0.2, -0.15) is 0 Å². The molecule has 78 valence electrons. The molecule has 5 heteroatoms. The van der Waals surface area contributed by atoms with Gasteiger partial charge in [-0.1, -0.05) is 0 Å². The van der Waals surface area contributed by atoms with Gasteiger partial charge in [0.15, 0.2) is 0 Å². The summed E-state index contributed by atoms with van der Waals surface area (Å²) in [5.74, 6) is -0.648. The molecule has 1 fully saturated rings. The van der Waals surface area contributed by atoms with Crippen LogP contribution in [-0.2, 0) is 14.3 Å². The molecule has 0 radical (unpaired) electrons. The lowest BCUT2D eigenvalue weighted by Crippen LogP contribution is -2.45. The highest BCUT2D eigenvalue weighted by Crippen LogP contribution is 1.94. The number of hydrogen-bond donors (Lipinski definition) is 1. The zero-order valence-electron chi connectivity index (χ0n) is 8.16. The Morgan fingerprint density at radius 3 is 2.50 bits per heavy atom. The number of ether oxygens (including phenoxy) is 1. The average Bonchev–Trinajstić information content (AvgIpc) is 2.26. The molecule has 1 rings (SSSR count). The molecule has 1 N–H and O–H groups in total. The second kappa shape index (κ2) is 5.39. The van der Waals surface area contributed by atoms with Crippen LogP contribution in [0.4, 0.5) is 0 Å². The normalized spacial score (nSPS) is 17.1. The molecule has 0 aromatic rings. The van der Waals surface area contributed by atoms with E-state index in [-0.39, 0.29) is 5.91 Å². The van der Waals surface area contributed by atoms with Crippen LogP contribution in [0.5, 0.6) is 0 Å². The lowest BCUT2D eigenvalue weighted by Gasteiger charge is -2.26. The number of hydrogen-bond acceptors (Lipinski definition) is 4. The lowest BCUT2D eigenvalue weighted by molar-refractivity contribution is -0.135. The van der Waals surface area contributed by atoms with Gasteiger partial charge >= 0.3 is 5.97 Å². The molecule has 5 nitrogen and oxygen atoms in total. The van der Waals surface area contributed by atoms with Crippen LogP contribution >= 0.6 is 0 Å². The van der Waals surface area contributed by atoms with Crippen LogP contribution < -0.4 is 5.32 Å². The first kappa shape index (κ1) is 10.7. The summed E-state index contributed by atoms with van der Waals surface area (Å²) in [6.07, 6.45) is 2.39. The van der Waals surface area contributed by atoms with Crippen molar-refractivity contribution in [3.63, 3.8) is 0 Å². The summed E-state index contributed by atoms with van der Waals surface area (Å²) in [6.45, 7) is 2.98. The first-order valence-corrected chi connectivity index (χ1v) is 4.49. The third-order valence-corrected chi connectivity index (χ3v) is 1.99. The van der Waals surface area contributed by atoms with E-state index in [2.05, 4.69) is 10.1 Å². The molecule has 1 aliphatic heterocycles. The van der Waals surface area contributed by atoms with Gasteiger partial charge in [-0.3, -0.25) is 4.79 Å². The smallest absolute Gasteiger partial charge is 0.330 e. The number of amides is 1. The summed E-state index contributed by atoms with van der Waals surface area (Å²) in [5, 5.41) is 3.14. The molecule has 0 saturated carbocycles. The maximum absolute atomic E-state index is 11.4. The number of rotatable bonds is 2. The average molecular weight is 198 g/mol. The van der Waals surface area contributed by atoms with Crippen LogP contribution in [0.1, 0.15) is 0 Å². The zero-order chi connectivity index (χ0) is 10.4. The molecule has 0 unspecified atom stereocenters. The number of carbonyl (C=O) groups is 2. The van der Waals surface area contributed by atoms with E-state index in [1.54, 1.807) is 4.90 Å². The number of carbonyl (C=O) groups excluding carboxylic acids is 2. The molecule has 1 aliphatic rings. The highest BCUT2D eigenvalue weighted by atomic mass is 16.5. The van der Waals surface area contributed by atoms with E-state index in [0.717, 1.165) is 19.2 Å². The van der Waals surface area contributed by atoms with E-state index < -0.39 is 5.97 Å². The number of piperazine rings is 1. The SMILES string of the molecule is COC(=O)C=CC(=O)N1CCNCC1. The zero-order valence-corrected chi connectivity index (χ0v) is 8.16. The fraction of sp³-hybridized carbons (Fsp3) is 0.556. The maximum Gasteiger partial charge on any atom is 0.330 e. The van der Waals surface area contributed by atoms with Crippen LogP contribution in [0.2, 0.25) is 0 Å². The van der Waals surface area contributed by atoms with Gasteiger partial charge in [-0.25, -0.2) is 4.79 Å². The summed E-state index contributed by atoms with van der Waals surface area (Å²) in [7, 11) is 1.28. The highest BCUT2D eigenvalue weighted by molar-refractivity contribution is 5.94. The topological polar surface area (TPSA) is 58.6 Å². The molecular formula is C9H14N2O3. The fourth-order valence-electron chi connectivity index (χ4n) is 1.20. The monoisotopic (exact) mass is 198 g/mol. The molecule has 0 atom stereocenters. The van der Waals surface area contributed by atoms with Gasteiger partial charge in [-0.05, 0) is 0 Å². The summed E-state index contributed by atoms with van der Waals surface area (Å²) in [6, 6.07) is 0. The van der Waals surface area contributed by atoms with Crippen molar-refractivity contribution in [2.75, 3.05) is 33.3 Å². The van der Waals surface area contributed by atoms with Gasteiger partial charge < -0.3 is 15.0 Å². The molecule has 14 heavy (non-hydrogen) atoms. The largest absolute Gasteiger partial charge is 0.466 e. The van der Waals surface area contributed by atoms with Gasteiger partial charge in [-0.15, -0.1) is 0 Å². The Labute approximate surface area is 82.7 Å². The number of nitrogens with zero attached hydrogens (tertiary/aromatic N) is 1. The first-order valence-electron chi connectivity index (χ1n) is 4.49. The minimum atomic E-state index is -0.506. The molecule has 0 aliphatic carbocycles. The van der Waals surface area contributed by atoms with E-state index in [1.165, 1.54) is 13.2 Å². The van der Waals surface area contributed by atoms with Crippen molar-refractivity contribution in [1.29, 1.82) is 0 Å². The van der Waals surface area contributed by atoms with E-state index in [0.29, 0.717) is 13.1 Å². The number of methoxy groups -OCH3 is 1. The van der Waals surface area contributed by atoms with Gasteiger partial charge in [0.2, 0.25) is 5.91 Å². The predicted molar refractivity (Wildman–Crippen MR) is 50.6 cm³/mol. The minimum Gasteiger partial charge on any atom is -0.466 e. The Hall–Kier alpha value is -1.36. The molecule has 1 amide bonds. The first-order chi connectivity index (χ1) is 6.74. The molecule has 0 aromatic carbocycles. The van der Waals surface area contributed by atoms with Crippen LogP contribution in [0.3, 0.4) is 0 Å². The summed E-state index contributed by atoms with van der Waals surface area (Å²) in [5.41, 5.74) is 0. The third-order valence-electron chi connectivity index (χ3n) is 1.99. The van der Waals surface area contributed by atoms with Gasteiger partial charge in [0, 0.05) is 38.3 Å². The Morgan fingerprint density at radius 2 is 1.93 bits per heavy atom. The summed E-state index contributed by atoms with van der Waals surface area (Å²) in [4.78, 5) is 23.8. The Bertz CT molecular complexity index is 244. The second-order valence-corrected chi connectivity index (χ2v) is 2.93. The standard InChI is InChI=1S/C9H14N2O3/c1-14-9(13)3-2-8(12)11-6-4-10-5-7-11/h2-3,10H,4-7H2,1H3. The van der Waals surface area contributed by atoms with E-state index in [4.69, 9.17) is 0 Å². The van der Waals surface area contributed by atoms with Crippen molar-refractivity contribution in [3.8, 4) is 0 Å². The molecule has 0 spiro atoms. The highest BCUT2D eigenvalue weighted by Gasteiger charge is 2.13. The summed E-state index contributed by atoms with van der Waals surface area (Å²) >= 11 is 0. The number of esters is 1. The fourth-order valence-corrected chi connectivity index (χ4v) is 1.20. The van der Waals surface area contributed by atoms with Crippen LogP contribution in [0, 0.1) is 0 Å². The van der Waals surface area contributed by atoms with Crippen molar-refractivity contribution in [2.24, 2.45) is 0 Å². The second-order valence-electron chi connectivity index (χ2n) is 2.93. The molecule has 1 saturated heterocycles. The van der Waals surface area contributed by atoms with Gasteiger partial charge in [0.1, 0.15) is 0 Å². The molecule has 0 bridgehead atoms. The number of nitrogens with one attached hydrogen (secondary N) is 1. The quantitative estimate of drug-likeness (QED) is 0.463. The van der Waals surface area contributed by atoms with Gasteiger partial charge in [0.05, 0.1) is 7.11 Å². The minimum absolute atomic E-state index is 0.142. The van der Waals surface area contributed by atoms with Crippen LogP contribution in [-0.4, -0.2) is 50.1 Å². The predicted octanol–water partition coefficient (Wildman–Crippen LogP) is -0.853. The van der Waals surface area contributed by atoms with Crippen LogP contribution in [0.25, 0.3) is 0 Å². The maximum atomic E-state index is 11.4. The Balaban J connectivity index is 2.40. The lowest BCUT2D eigenvalue weighted by atomic mass is 10.3. The van der Waals surface area contributed by atoms with Gasteiger partial charge in [0.25, 0.3) is 0 Å².